The predicted molar refractivity (Wildman–Crippen MR) is 85.2 cm³/mol. The Kier molecular flexibility index (Phi) is 9.61. The van der Waals surface area contributed by atoms with E-state index in [4.69, 9.17) is 11.6 Å². The molecule has 0 unspecified atom stereocenters. The Morgan fingerprint density at radius 2 is 1.45 bits per heavy atom. The number of hydrogen-bond donors (Lipinski definition) is 0. The maximum absolute atomic E-state index is 11.4. The molecule has 2 amide bonds. The summed E-state index contributed by atoms with van der Waals surface area (Å²) in [7, 11) is 0. The molecule has 3 rings (SSSR count). The Morgan fingerprint density at radius 3 is 2.00 bits per heavy atom. The van der Waals surface area contributed by atoms with Gasteiger partial charge in [-0.1, -0.05) is 29.8 Å². The first-order valence-electron chi connectivity index (χ1n) is 6.35. The largest absolute Gasteiger partial charge is 2.00 e. The van der Waals surface area contributed by atoms with E-state index in [9.17, 15) is 4.79 Å². The molecule has 112 valence electrons. The minimum atomic E-state index is -0.534. The number of amides is 2. The van der Waals surface area contributed by atoms with Crippen molar-refractivity contribution in [1.29, 1.82) is 0 Å². The summed E-state index contributed by atoms with van der Waals surface area (Å²) >= 11 is 5.77. The van der Waals surface area contributed by atoms with Crippen LogP contribution in [-0.4, -0.2) is 6.03 Å². The average Bonchev–Trinajstić information content (AvgIpc) is 3.14. The van der Waals surface area contributed by atoms with Crippen LogP contribution >= 0.6 is 11.6 Å². The van der Waals surface area contributed by atoms with E-state index >= 15 is 0 Å². The van der Waals surface area contributed by atoms with Crippen molar-refractivity contribution < 1.29 is 21.9 Å². The number of urea groups is 1. The monoisotopic (exact) mass is 352 g/mol. The number of carbonyl (C=O) groups is 1. The zero-order valence-corrected chi connectivity index (χ0v) is 13.4. The van der Waals surface area contributed by atoms with Crippen molar-refractivity contribution >= 4 is 23.3 Å². The second-order valence-electron chi connectivity index (χ2n) is 4.09. The van der Waals surface area contributed by atoms with Crippen molar-refractivity contribution in [1.82, 2.24) is 0 Å². The van der Waals surface area contributed by atoms with Crippen LogP contribution in [0.4, 0.5) is 10.5 Å². The molecule has 2 saturated carbocycles. The molecule has 0 N–H and O–H groups in total. The third kappa shape index (κ3) is 7.53. The fourth-order valence-corrected chi connectivity index (χ4v) is 1.74. The van der Waals surface area contributed by atoms with E-state index in [0.29, 0.717) is 16.8 Å². The fourth-order valence-electron chi connectivity index (χ4n) is 1.55. The molecule has 2 fully saturated rings. The Bertz CT molecular complexity index is 438. The van der Waals surface area contributed by atoms with Gasteiger partial charge >= 0.3 is 17.1 Å². The Balaban J connectivity index is 0.000000344. The van der Waals surface area contributed by atoms with Gasteiger partial charge in [-0.25, -0.2) is 0 Å². The SMILES string of the molecule is O=C([N-][C]1[CH][CH][CH][CH]1)[N-]c1cccc(Cl)c1.[CH]1[CH][CH][CH][CH]1.[Fe+2]. The van der Waals surface area contributed by atoms with Gasteiger partial charge in [0.05, 0.1) is 0 Å². The van der Waals surface area contributed by atoms with Crippen LogP contribution in [-0.2, 0) is 17.1 Å². The molecule has 0 atom stereocenters. The third-order valence-corrected chi connectivity index (χ3v) is 2.69. The van der Waals surface area contributed by atoms with Gasteiger partial charge in [0, 0.05) is 5.02 Å². The zero-order valence-electron chi connectivity index (χ0n) is 11.5. The Hall–Kier alpha value is -0.701. The number of halogens is 1. The predicted octanol–water partition coefficient (Wildman–Crippen LogP) is 5.22. The summed E-state index contributed by atoms with van der Waals surface area (Å²) in [5.41, 5.74) is 0.507. The maximum atomic E-state index is 11.4. The van der Waals surface area contributed by atoms with Gasteiger partial charge in [-0.15, -0.1) is 11.7 Å². The number of benzene rings is 1. The van der Waals surface area contributed by atoms with Crippen LogP contribution in [0, 0.1) is 63.8 Å². The van der Waals surface area contributed by atoms with Gasteiger partial charge < -0.3 is 15.4 Å². The van der Waals surface area contributed by atoms with Crippen molar-refractivity contribution in [3.05, 3.63) is 104 Å². The molecule has 0 saturated heterocycles. The smallest absolute Gasteiger partial charge is 0.664 e. The Labute approximate surface area is 149 Å². The molecular formula is C17H13ClFeN2O. The molecule has 2 aliphatic carbocycles. The van der Waals surface area contributed by atoms with Crippen LogP contribution < -0.4 is 0 Å². The molecule has 5 heteroatoms. The standard InChI is InChI=1S/C12H9ClN2O.C5H5.Fe/c13-9-4-3-7-11(8-9)15-12(16)14-10-5-1-2-6-10;1-2-4-5-3-1;/h1-8H,(H-,14,15,16);1-5H;/q-1;;+2/p-1. The van der Waals surface area contributed by atoms with E-state index in [1.165, 1.54) is 0 Å². The first-order chi connectivity index (χ1) is 10.2. The van der Waals surface area contributed by atoms with Crippen LogP contribution in [0.25, 0.3) is 10.6 Å². The van der Waals surface area contributed by atoms with Crippen LogP contribution in [0.5, 0.6) is 0 Å². The van der Waals surface area contributed by atoms with E-state index in [-0.39, 0.29) is 17.1 Å². The van der Waals surface area contributed by atoms with Crippen LogP contribution in [0.2, 0.25) is 5.02 Å². The minimum Gasteiger partial charge on any atom is -0.664 e. The summed E-state index contributed by atoms with van der Waals surface area (Å²) in [6, 6.07) is 6.84. The number of hydrogen-bond acceptors (Lipinski definition) is 1. The minimum absolute atomic E-state index is 0. The second kappa shape index (κ2) is 10.9. The summed E-state index contributed by atoms with van der Waals surface area (Å²) in [5.74, 6) is 0. The quantitative estimate of drug-likeness (QED) is 0.673. The maximum Gasteiger partial charge on any atom is 2.00 e. The molecule has 0 spiro atoms. The normalized spacial score (nSPS) is 17.1. The van der Waals surface area contributed by atoms with Crippen molar-refractivity contribution in [2.75, 3.05) is 0 Å². The van der Waals surface area contributed by atoms with Crippen molar-refractivity contribution in [2.24, 2.45) is 0 Å². The number of carbonyl (C=O) groups excluding carboxylic acids is 1. The van der Waals surface area contributed by atoms with E-state index in [0.717, 1.165) is 0 Å². The van der Waals surface area contributed by atoms with E-state index in [2.05, 4.69) is 10.6 Å². The van der Waals surface area contributed by atoms with Crippen LogP contribution in [0.15, 0.2) is 24.3 Å². The Morgan fingerprint density at radius 1 is 0.864 bits per heavy atom. The van der Waals surface area contributed by atoms with Gasteiger partial charge in [0.2, 0.25) is 0 Å². The van der Waals surface area contributed by atoms with E-state index in [1.54, 1.807) is 37.1 Å². The third-order valence-electron chi connectivity index (χ3n) is 2.46. The summed E-state index contributed by atoms with van der Waals surface area (Å²) in [5, 5.41) is 8.14. The molecule has 2 aliphatic rings. The van der Waals surface area contributed by atoms with E-state index < -0.39 is 6.03 Å². The molecule has 0 heterocycles. The topological polar surface area (TPSA) is 45.3 Å². The first kappa shape index (κ1) is 19.3. The molecule has 1 aromatic rings. The molecule has 1 aromatic carbocycles. The summed E-state index contributed by atoms with van der Waals surface area (Å²) in [4.78, 5) is 11.4. The fraction of sp³-hybridized carbons (Fsp3) is 0. The number of rotatable bonds is 2. The molecule has 0 aliphatic heterocycles. The first-order valence-corrected chi connectivity index (χ1v) is 6.73. The molecule has 22 heavy (non-hydrogen) atoms. The van der Waals surface area contributed by atoms with Crippen molar-refractivity contribution in [2.45, 2.75) is 0 Å². The van der Waals surface area contributed by atoms with Gasteiger partial charge in [-0.2, -0.15) is 0 Å². The van der Waals surface area contributed by atoms with Crippen molar-refractivity contribution in [3.8, 4) is 0 Å². The molecule has 0 aromatic heterocycles. The van der Waals surface area contributed by atoms with Gasteiger partial charge in [0.1, 0.15) is 0 Å². The summed E-state index contributed by atoms with van der Waals surface area (Å²) in [6.45, 7) is 0. The molecule has 0 bridgehead atoms. The van der Waals surface area contributed by atoms with Crippen LogP contribution in [0.3, 0.4) is 0 Å². The van der Waals surface area contributed by atoms with Crippen molar-refractivity contribution in [3.63, 3.8) is 0 Å². The second-order valence-corrected chi connectivity index (χ2v) is 4.53. The summed E-state index contributed by atoms with van der Waals surface area (Å²) < 4.78 is 0. The van der Waals surface area contributed by atoms with Gasteiger partial charge in [0.15, 0.2) is 0 Å². The van der Waals surface area contributed by atoms with Gasteiger partial charge in [0.25, 0.3) is 0 Å². The zero-order chi connectivity index (χ0) is 14.9. The number of nitrogens with zero attached hydrogens (tertiary/aromatic N) is 2. The summed E-state index contributed by atoms with van der Waals surface area (Å²) in [6.07, 6.45) is 17.1. The van der Waals surface area contributed by atoms with E-state index in [1.807, 2.05) is 44.9 Å². The average molecular weight is 353 g/mol. The van der Waals surface area contributed by atoms with Gasteiger partial charge in [-0.3, -0.25) is 0 Å². The molecular weight excluding hydrogens is 339 g/mol. The van der Waals surface area contributed by atoms with Crippen LogP contribution in [0.1, 0.15) is 0 Å². The molecule has 3 nitrogen and oxygen atoms in total. The van der Waals surface area contributed by atoms with Gasteiger partial charge in [-0.05, 0) is 69.9 Å². The molecule has 10 radical (unpaired) electrons.